The van der Waals surface area contributed by atoms with Crippen LogP contribution in [0.15, 0.2) is 77.7 Å². The molecule has 4 nitrogen and oxygen atoms in total. The molecule has 3 aromatic rings. The van der Waals surface area contributed by atoms with Crippen LogP contribution >= 0.6 is 11.6 Å². The van der Waals surface area contributed by atoms with Crippen molar-refractivity contribution in [1.82, 2.24) is 4.72 Å². The summed E-state index contributed by atoms with van der Waals surface area (Å²) in [6, 6.07) is 18.9. The van der Waals surface area contributed by atoms with Crippen LogP contribution in [-0.2, 0) is 14.8 Å². The number of rotatable bonds is 5. The highest BCUT2D eigenvalue weighted by Gasteiger charge is 2.23. The Hall–Kier alpha value is -2.70. The van der Waals surface area contributed by atoms with Crippen LogP contribution < -0.4 is 4.72 Å². The van der Waals surface area contributed by atoms with Gasteiger partial charge in [0.1, 0.15) is 5.82 Å². The van der Waals surface area contributed by atoms with Crippen molar-refractivity contribution in [2.75, 3.05) is 0 Å². The second-order valence-corrected chi connectivity index (χ2v) is 8.37. The summed E-state index contributed by atoms with van der Waals surface area (Å²) in [6.45, 7) is 1.52. The molecule has 1 amide bonds. The molecule has 0 bridgehead atoms. The number of amides is 1. The summed E-state index contributed by atoms with van der Waals surface area (Å²) >= 11 is 5.75. The van der Waals surface area contributed by atoms with Crippen molar-refractivity contribution in [3.05, 3.63) is 89.2 Å². The Morgan fingerprint density at radius 2 is 1.64 bits per heavy atom. The van der Waals surface area contributed by atoms with Crippen molar-refractivity contribution in [2.45, 2.75) is 17.7 Å². The zero-order valence-corrected chi connectivity index (χ0v) is 16.5. The molecule has 0 spiro atoms. The molecule has 0 aliphatic rings. The third kappa shape index (κ3) is 4.40. The molecular weight excluding hydrogens is 401 g/mol. The normalized spacial score (nSPS) is 12.4. The van der Waals surface area contributed by atoms with Gasteiger partial charge in [0.25, 0.3) is 10.0 Å². The number of sulfonamides is 1. The molecule has 0 aliphatic heterocycles. The zero-order chi connectivity index (χ0) is 20.3. The van der Waals surface area contributed by atoms with E-state index in [4.69, 9.17) is 11.6 Å². The maximum Gasteiger partial charge on any atom is 0.264 e. The molecular formula is C21H17ClFNO3S. The molecule has 7 heteroatoms. The molecule has 0 unspecified atom stereocenters. The fourth-order valence-electron chi connectivity index (χ4n) is 2.70. The van der Waals surface area contributed by atoms with Crippen LogP contribution in [0.2, 0.25) is 5.02 Å². The lowest BCUT2D eigenvalue weighted by Gasteiger charge is -2.14. The first-order chi connectivity index (χ1) is 13.3. The number of nitrogens with one attached hydrogen (secondary N) is 1. The Morgan fingerprint density at radius 1 is 1.00 bits per heavy atom. The van der Waals surface area contributed by atoms with Crippen molar-refractivity contribution in [3.8, 4) is 11.1 Å². The monoisotopic (exact) mass is 417 g/mol. The zero-order valence-electron chi connectivity index (χ0n) is 14.9. The second kappa shape index (κ2) is 8.12. The van der Waals surface area contributed by atoms with Gasteiger partial charge in [-0.3, -0.25) is 4.79 Å². The highest BCUT2D eigenvalue weighted by Crippen LogP contribution is 2.26. The second-order valence-electron chi connectivity index (χ2n) is 6.25. The number of carbonyl (C=O) groups excluding carboxylic acids is 1. The minimum atomic E-state index is -4.04. The van der Waals surface area contributed by atoms with E-state index in [0.29, 0.717) is 21.7 Å². The standard InChI is InChI=1S/C21H17ClFNO3S/c1-14(21(25)24-28(26,27)18-10-8-17(22)9-11-18)16-7-12-19(20(23)13-16)15-5-3-2-4-6-15/h2-14H,1H3,(H,24,25)/t14-/m1/s1. The minimum absolute atomic E-state index is 0.0805. The largest absolute Gasteiger partial charge is 0.273 e. The fraction of sp³-hybridized carbons (Fsp3) is 0.0952. The van der Waals surface area contributed by atoms with Gasteiger partial charge < -0.3 is 0 Å². The molecule has 0 heterocycles. The SMILES string of the molecule is C[C@@H](C(=O)NS(=O)(=O)c1ccc(Cl)cc1)c1ccc(-c2ccccc2)c(F)c1. The lowest BCUT2D eigenvalue weighted by molar-refractivity contribution is -0.120. The van der Waals surface area contributed by atoms with Crippen LogP contribution in [0.3, 0.4) is 0 Å². The Balaban J connectivity index is 1.80. The van der Waals surface area contributed by atoms with Crippen molar-refractivity contribution < 1.29 is 17.6 Å². The van der Waals surface area contributed by atoms with Gasteiger partial charge in [-0.05, 0) is 48.4 Å². The van der Waals surface area contributed by atoms with E-state index in [1.807, 2.05) is 10.8 Å². The number of halogens is 2. The highest BCUT2D eigenvalue weighted by atomic mass is 35.5. The van der Waals surface area contributed by atoms with Gasteiger partial charge >= 0.3 is 0 Å². The smallest absolute Gasteiger partial charge is 0.264 e. The molecule has 3 rings (SSSR count). The molecule has 144 valence electrons. The van der Waals surface area contributed by atoms with Crippen LogP contribution in [-0.4, -0.2) is 14.3 Å². The van der Waals surface area contributed by atoms with E-state index in [1.54, 1.807) is 36.4 Å². The Morgan fingerprint density at radius 3 is 2.25 bits per heavy atom. The van der Waals surface area contributed by atoms with Crippen molar-refractivity contribution in [3.63, 3.8) is 0 Å². The summed E-state index contributed by atoms with van der Waals surface area (Å²) in [5.74, 6) is -2.09. The lowest BCUT2D eigenvalue weighted by Crippen LogP contribution is -2.33. The Kier molecular flexibility index (Phi) is 5.82. The van der Waals surface area contributed by atoms with Gasteiger partial charge in [-0.1, -0.05) is 54.1 Å². The summed E-state index contributed by atoms with van der Waals surface area (Å²) in [6.07, 6.45) is 0. The predicted molar refractivity (Wildman–Crippen MR) is 107 cm³/mol. The number of hydrogen-bond acceptors (Lipinski definition) is 3. The summed E-state index contributed by atoms with van der Waals surface area (Å²) in [4.78, 5) is 12.3. The van der Waals surface area contributed by atoms with Crippen LogP contribution in [0.5, 0.6) is 0 Å². The molecule has 3 aromatic carbocycles. The summed E-state index contributed by atoms with van der Waals surface area (Å²) in [5.41, 5.74) is 1.50. The van der Waals surface area contributed by atoms with Crippen LogP contribution in [0.4, 0.5) is 4.39 Å². The first-order valence-electron chi connectivity index (χ1n) is 8.45. The molecule has 0 saturated heterocycles. The van der Waals surface area contributed by atoms with Crippen molar-refractivity contribution >= 4 is 27.5 Å². The van der Waals surface area contributed by atoms with E-state index in [9.17, 15) is 17.6 Å². The third-order valence-corrected chi connectivity index (χ3v) is 5.94. The average molecular weight is 418 g/mol. The van der Waals surface area contributed by atoms with E-state index >= 15 is 0 Å². The first-order valence-corrected chi connectivity index (χ1v) is 10.3. The molecule has 0 aliphatic carbocycles. The molecule has 0 aromatic heterocycles. The van der Waals surface area contributed by atoms with Crippen molar-refractivity contribution in [2.24, 2.45) is 0 Å². The number of benzene rings is 3. The number of carbonyl (C=O) groups is 1. The quantitative estimate of drug-likeness (QED) is 0.651. The van der Waals surface area contributed by atoms with Crippen LogP contribution in [0.1, 0.15) is 18.4 Å². The van der Waals surface area contributed by atoms with Crippen molar-refractivity contribution in [1.29, 1.82) is 0 Å². The summed E-state index contributed by atoms with van der Waals surface area (Å²) < 4.78 is 41.3. The van der Waals surface area contributed by atoms with Gasteiger partial charge in [-0.15, -0.1) is 0 Å². The average Bonchev–Trinajstić information content (AvgIpc) is 2.68. The summed E-state index contributed by atoms with van der Waals surface area (Å²) in [7, 11) is -4.04. The number of hydrogen-bond donors (Lipinski definition) is 1. The maximum absolute atomic E-state index is 14.5. The van der Waals surface area contributed by atoms with E-state index < -0.39 is 27.7 Å². The molecule has 0 radical (unpaired) electrons. The van der Waals surface area contributed by atoms with Gasteiger partial charge in [-0.2, -0.15) is 0 Å². The molecule has 0 fully saturated rings. The first kappa shape index (κ1) is 20.0. The maximum atomic E-state index is 14.5. The summed E-state index contributed by atoms with van der Waals surface area (Å²) in [5, 5.41) is 0.382. The lowest BCUT2D eigenvalue weighted by atomic mass is 9.96. The van der Waals surface area contributed by atoms with Gasteiger partial charge in [0, 0.05) is 10.6 Å². The molecule has 28 heavy (non-hydrogen) atoms. The third-order valence-electron chi connectivity index (χ3n) is 4.33. The molecule has 1 atom stereocenters. The van der Waals surface area contributed by atoms with Gasteiger partial charge in [0.2, 0.25) is 5.91 Å². The topological polar surface area (TPSA) is 63.2 Å². The van der Waals surface area contributed by atoms with Crippen LogP contribution in [0.25, 0.3) is 11.1 Å². The molecule has 1 N–H and O–H groups in total. The Bertz CT molecular complexity index is 1100. The molecule has 0 saturated carbocycles. The van der Waals surface area contributed by atoms with E-state index in [2.05, 4.69) is 0 Å². The van der Waals surface area contributed by atoms with Gasteiger partial charge in [0.05, 0.1) is 10.8 Å². The predicted octanol–water partition coefficient (Wildman–Crippen LogP) is 4.75. The Labute approximate surface area is 168 Å². The van der Waals surface area contributed by atoms with Gasteiger partial charge in [-0.25, -0.2) is 17.5 Å². The van der Waals surface area contributed by atoms with Gasteiger partial charge in [0.15, 0.2) is 0 Å². The minimum Gasteiger partial charge on any atom is -0.273 e. The highest BCUT2D eigenvalue weighted by molar-refractivity contribution is 7.90. The van der Waals surface area contributed by atoms with Crippen LogP contribution in [0, 0.1) is 5.82 Å². The van der Waals surface area contributed by atoms with E-state index in [1.165, 1.54) is 37.3 Å². The fourth-order valence-corrected chi connectivity index (χ4v) is 3.88. The van der Waals surface area contributed by atoms with E-state index in [-0.39, 0.29) is 4.90 Å². The van der Waals surface area contributed by atoms with E-state index in [0.717, 1.165) is 0 Å².